The molecule has 24 heavy (non-hydrogen) atoms. The van der Waals surface area contributed by atoms with Gasteiger partial charge in [-0.1, -0.05) is 18.2 Å². The Labute approximate surface area is 139 Å². The molecular weight excluding hydrogens is 312 g/mol. The number of carbonyl (C=O) groups excluding carboxylic acids is 3. The van der Waals surface area contributed by atoms with Crippen molar-refractivity contribution in [2.45, 2.75) is 18.9 Å². The zero-order chi connectivity index (χ0) is 17.9. The van der Waals surface area contributed by atoms with Crippen LogP contribution in [0.4, 0.5) is 0 Å². The Morgan fingerprint density at radius 2 is 1.75 bits per heavy atom. The Morgan fingerprint density at radius 1 is 1.08 bits per heavy atom. The average molecular weight is 334 g/mol. The fraction of sp³-hybridized carbons (Fsp3) is 0.333. The van der Waals surface area contributed by atoms with Crippen LogP contribution in [0.3, 0.4) is 0 Å². The molecule has 0 saturated heterocycles. The summed E-state index contributed by atoms with van der Waals surface area (Å²) < 4.78 is 0. The summed E-state index contributed by atoms with van der Waals surface area (Å²) in [4.78, 5) is 38.9. The molecule has 9 heteroatoms. The maximum atomic E-state index is 12.2. The Kier molecular flexibility index (Phi) is 7.76. The molecule has 1 atom stereocenters. The van der Waals surface area contributed by atoms with Crippen molar-refractivity contribution in [1.29, 1.82) is 0 Å². The van der Waals surface area contributed by atoms with Crippen molar-refractivity contribution in [2.24, 2.45) is 22.2 Å². The summed E-state index contributed by atoms with van der Waals surface area (Å²) in [6, 6.07) is 7.65. The second kappa shape index (κ2) is 9.82. The molecular formula is C15H22N6O3. The zero-order valence-corrected chi connectivity index (χ0v) is 13.2. The predicted molar refractivity (Wildman–Crippen MR) is 89.8 cm³/mol. The summed E-state index contributed by atoms with van der Waals surface area (Å²) in [6.07, 6.45) is 0.779. The molecule has 1 aromatic rings. The van der Waals surface area contributed by atoms with Gasteiger partial charge in [0, 0.05) is 12.1 Å². The number of hydrogen-bond acceptors (Lipinski definition) is 4. The van der Waals surface area contributed by atoms with Gasteiger partial charge in [0.2, 0.25) is 11.8 Å². The molecule has 9 nitrogen and oxygen atoms in total. The van der Waals surface area contributed by atoms with Crippen LogP contribution in [0.1, 0.15) is 23.2 Å². The summed E-state index contributed by atoms with van der Waals surface area (Å²) in [6.45, 7) is 0.0214. The number of amides is 3. The summed E-state index contributed by atoms with van der Waals surface area (Å²) >= 11 is 0. The fourth-order valence-corrected chi connectivity index (χ4v) is 1.90. The number of hydrogen-bond donors (Lipinski definition) is 5. The van der Waals surface area contributed by atoms with Crippen LogP contribution in [0.2, 0.25) is 0 Å². The molecule has 0 aliphatic heterocycles. The van der Waals surface area contributed by atoms with E-state index >= 15 is 0 Å². The molecule has 130 valence electrons. The highest BCUT2D eigenvalue weighted by atomic mass is 16.2. The Morgan fingerprint density at radius 3 is 2.33 bits per heavy atom. The molecule has 8 N–H and O–H groups in total. The van der Waals surface area contributed by atoms with Crippen LogP contribution in [0.5, 0.6) is 0 Å². The number of nitrogens with one attached hydrogen (secondary N) is 2. The molecule has 0 aromatic heterocycles. The lowest BCUT2D eigenvalue weighted by Crippen LogP contribution is -2.48. The molecule has 3 amide bonds. The van der Waals surface area contributed by atoms with Gasteiger partial charge in [-0.15, -0.1) is 0 Å². The number of guanidine groups is 1. The maximum Gasteiger partial charge on any atom is 0.251 e. The van der Waals surface area contributed by atoms with Crippen LogP contribution < -0.4 is 27.8 Å². The van der Waals surface area contributed by atoms with E-state index in [-0.39, 0.29) is 12.5 Å². The first-order valence-electron chi connectivity index (χ1n) is 7.37. The van der Waals surface area contributed by atoms with E-state index in [1.165, 1.54) is 0 Å². The highest BCUT2D eigenvalue weighted by Gasteiger charge is 2.21. The van der Waals surface area contributed by atoms with E-state index in [1.807, 2.05) is 0 Å². The van der Waals surface area contributed by atoms with Crippen molar-refractivity contribution in [3.8, 4) is 0 Å². The van der Waals surface area contributed by atoms with Crippen molar-refractivity contribution in [2.75, 3.05) is 13.1 Å². The van der Waals surface area contributed by atoms with E-state index in [0.717, 1.165) is 0 Å². The molecule has 0 fully saturated rings. The number of carbonyl (C=O) groups is 3. The minimum atomic E-state index is -0.828. The third-order valence-corrected chi connectivity index (χ3v) is 3.04. The lowest BCUT2D eigenvalue weighted by atomic mass is 10.1. The molecule has 1 aromatic carbocycles. The van der Waals surface area contributed by atoms with Gasteiger partial charge in [-0.2, -0.15) is 0 Å². The summed E-state index contributed by atoms with van der Waals surface area (Å²) in [7, 11) is 0. The first-order chi connectivity index (χ1) is 11.4. The van der Waals surface area contributed by atoms with Crippen molar-refractivity contribution >= 4 is 23.7 Å². The molecule has 0 aliphatic carbocycles. The highest BCUT2D eigenvalue weighted by Crippen LogP contribution is 2.03. The largest absolute Gasteiger partial charge is 0.370 e. The zero-order valence-electron chi connectivity index (χ0n) is 13.2. The number of benzene rings is 1. The van der Waals surface area contributed by atoms with E-state index in [0.29, 0.717) is 24.9 Å². The molecule has 1 unspecified atom stereocenters. The van der Waals surface area contributed by atoms with Gasteiger partial charge in [-0.3, -0.25) is 19.4 Å². The first kappa shape index (κ1) is 18.9. The van der Waals surface area contributed by atoms with E-state index in [9.17, 15) is 14.4 Å². The van der Waals surface area contributed by atoms with Crippen molar-refractivity contribution in [1.82, 2.24) is 10.6 Å². The minimum absolute atomic E-state index is 0.0435. The predicted octanol–water partition coefficient (Wildman–Crippen LogP) is -1.56. The molecule has 0 radical (unpaired) electrons. The minimum Gasteiger partial charge on any atom is -0.370 e. The molecule has 0 heterocycles. The van der Waals surface area contributed by atoms with E-state index in [2.05, 4.69) is 15.6 Å². The fourth-order valence-electron chi connectivity index (χ4n) is 1.90. The Balaban J connectivity index is 2.68. The Bertz CT molecular complexity index is 598. The molecule has 1 rings (SSSR count). The SMILES string of the molecule is NC(=O)CNC(=O)C(CCCN=C(N)N)NC(=O)c1ccccc1. The first-order valence-corrected chi connectivity index (χ1v) is 7.37. The van der Waals surface area contributed by atoms with Gasteiger partial charge in [0.05, 0.1) is 6.54 Å². The van der Waals surface area contributed by atoms with Gasteiger partial charge in [-0.25, -0.2) is 0 Å². The molecule has 0 spiro atoms. The Hall–Kier alpha value is -3.10. The quantitative estimate of drug-likeness (QED) is 0.209. The van der Waals surface area contributed by atoms with Gasteiger partial charge in [0.1, 0.15) is 6.04 Å². The lowest BCUT2D eigenvalue weighted by molar-refractivity contribution is -0.126. The lowest BCUT2D eigenvalue weighted by Gasteiger charge is -2.18. The topological polar surface area (TPSA) is 166 Å². The normalized spacial score (nSPS) is 11.2. The molecule has 0 saturated carbocycles. The summed E-state index contributed by atoms with van der Waals surface area (Å²) in [5.74, 6) is -1.60. The van der Waals surface area contributed by atoms with Gasteiger partial charge in [0.25, 0.3) is 5.91 Å². The second-order valence-corrected chi connectivity index (χ2v) is 5.03. The molecule has 0 bridgehead atoms. The van der Waals surface area contributed by atoms with Gasteiger partial charge in [-0.05, 0) is 25.0 Å². The van der Waals surface area contributed by atoms with Crippen molar-refractivity contribution in [3.05, 3.63) is 35.9 Å². The second-order valence-electron chi connectivity index (χ2n) is 5.03. The van der Waals surface area contributed by atoms with Crippen molar-refractivity contribution in [3.63, 3.8) is 0 Å². The van der Waals surface area contributed by atoms with Crippen LogP contribution >= 0.6 is 0 Å². The molecule has 0 aliphatic rings. The van der Waals surface area contributed by atoms with Crippen LogP contribution in [0.25, 0.3) is 0 Å². The number of nitrogens with zero attached hydrogens (tertiary/aromatic N) is 1. The number of primary amides is 1. The van der Waals surface area contributed by atoms with Crippen LogP contribution in [0.15, 0.2) is 35.3 Å². The third kappa shape index (κ3) is 7.25. The van der Waals surface area contributed by atoms with Crippen LogP contribution in [-0.4, -0.2) is 42.8 Å². The number of rotatable bonds is 9. The highest BCUT2D eigenvalue weighted by molar-refractivity contribution is 5.97. The van der Waals surface area contributed by atoms with E-state index < -0.39 is 23.8 Å². The number of aliphatic imine (C=N–C) groups is 1. The summed E-state index contributed by atoms with van der Waals surface area (Å²) in [5.41, 5.74) is 15.9. The van der Waals surface area contributed by atoms with Crippen molar-refractivity contribution < 1.29 is 14.4 Å². The number of nitrogens with two attached hydrogens (primary N) is 3. The average Bonchev–Trinajstić information content (AvgIpc) is 2.55. The van der Waals surface area contributed by atoms with Crippen LogP contribution in [-0.2, 0) is 9.59 Å². The third-order valence-electron chi connectivity index (χ3n) is 3.04. The monoisotopic (exact) mass is 334 g/mol. The van der Waals surface area contributed by atoms with E-state index in [4.69, 9.17) is 17.2 Å². The maximum absolute atomic E-state index is 12.2. The smallest absolute Gasteiger partial charge is 0.251 e. The summed E-state index contributed by atoms with van der Waals surface area (Å²) in [5, 5.41) is 5.01. The van der Waals surface area contributed by atoms with Gasteiger partial charge in [0.15, 0.2) is 5.96 Å². The van der Waals surface area contributed by atoms with Crippen LogP contribution in [0, 0.1) is 0 Å². The van der Waals surface area contributed by atoms with E-state index in [1.54, 1.807) is 30.3 Å². The van der Waals surface area contributed by atoms with Gasteiger partial charge < -0.3 is 27.8 Å². The van der Waals surface area contributed by atoms with Gasteiger partial charge >= 0.3 is 0 Å². The standard InChI is InChI=1S/C15H22N6O3/c16-12(22)9-20-14(24)11(7-4-8-19-15(17)18)21-13(23)10-5-2-1-3-6-10/h1-3,5-6,11H,4,7-9H2,(H2,16,22)(H,20,24)(H,21,23)(H4,17,18,19).